The Morgan fingerprint density at radius 3 is 2.39 bits per heavy atom. The molecule has 23 heavy (non-hydrogen) atoms. The third-order valence-electron chi connectivity index (χ3n) is 4.03. The molecular weight excluding hydrogens is 288 g/mol. The van der Waals surface area contributed by atoms with E-state index in [4.69, 9.17) is 9.84 Å². The van der Waals surface area contributed by atoms with Crippen LogP contribution in [0.1, 0.15) is 12.5 Å². The van der Waals surface area contributed by atoms with Crippen molar-refractivity contribution in [3.63, 3.8) is 0 Å². The number of ether oxygens (including phenoxy) is 1. The molecule has 0 spiro atoms. The van der Waals surface area contributed by atoms with Crippen LogP contribution < -0.4 is 9.64 Å². The molecule has 0 saturated carbocycles. The molecule has 1 aromatic carbocycles. The van der Waals surface area contributed by atoms with Gasteiger partial charge in [-0.3, -0.25) is 5.01 Å². The van der Waals surface area contributed by atoms with Crippen LogP contribution in [0.15, 0.2) is 53.8 Å². The maximum absolute atomic E-state index is 5.19. The van der Waals surface area contributed by atoms with Gasteiger partial charge in [0.05, 0.1) is 25.9 Å². The summed E-state index contributed by atoms with van der Waals surface area (Å²) in [6, 6.07) is 14.1. The first-order chi connectivity index (χ1) is 11.3. The lowest BCUT2D eigenvalue weighted by molar-refractivity contribution is 0.270. The van der Waals surface area contributed by atoms with E-state index < -0.39 is 0 Å². The van der Waals surface area contributed by atoms with E-state index in [1.807, 2.05) is 49.5 Å². The standard InChI is InChI=1S/C18H22N4O/c1-15(16-6-8-17(23-2)9-7-16)20-22-13-11-21(12-14-22)18-5-3-4-10-19-18/h3-10H,11-14H2,1-2H3. The van der Waals surface area contributed by atoms with Crippen molar-refractivity contribution in [1.29, 1.82) is 0 Å². The molecule has 3 rings (SSSR count). The van der Waals surface area contributed by atoms with E-state index in [0.29, 0.717) is 0 Å². The maximum atomic E-state index is 5.19. The van der Waals surface area contributed by atoms with Crippen molar-refractivity contribution in [2.45, 2.75) is 6.92 Å². The van der Waals surface area contributed by atoms with Gasteiger partial charge in [-0.05, 0) is 48.9 Å². The number of hydrogen-bond donors (Lipinski definition) is 0. The monoisotopic (exact) mass is 310 g/mol. The van der Waals surface area contributed by atoms with Crippen molar-refractivity contribution >= 4 is 11.5 Å². The fraction of sp³-hybridized carbons (Fsp3) is 0.333. The number of piperazine rings is 1. The summed E-state index contributed by atoms with van der Waals surface area (Å²) in [5.74, 6) is 1.91. The van der Waals surface area contributed by atoms with Crippen molar-refractivity contribution in [3.8, 4) is 5.75 Å². The van der Waals surface area contributed by atoms with Gasteiger partial charge in [0.25, 0.3) is 0 Å². The topological polar surface area (TPSA) is 41.0 Å². The predicted octanol–water partition coefficient (Wildman–Crippen LogP) is 2.64. The Hall–Kier alpha value is -2.56. The molecule has 1 aromatic heterocycles. The Kier molecular flexibility index (Phi) is 4.76. The Morgan fingerprint density at radius 1 is 1.04 bits per heavy atom. The molecule has 5 heteroatoms. The zero-order valence-electron chi connectivity index (χ0n) is 13.6. The van der Waals surface area contributed by atoms with Gasteiger partial charge in [0.15, 0.2) is 0 Å². The highest BCUT2D eigenvalue weighted by Gasteiger charge is 2.16. The summed E-state index contributed by atoms with van der Waals surface area (Å²) in [6.07, 6.45) is 1.84. The number of methoxy groups -OCH3 is 1. The second-order valence-corrected chi connectivity index (χ2v) is 5.54. The van der Waals surface area contributed by atoms with Gasteiger partial charge in [0.2, 0.25) is 0 Å². The zero-order valence-corrected chi connectivity index (χ0v) is 13.6. The number of pyridine rings is 1. The van der Waals surface area contributed by atoms with Gasteiger partial charge < -0.3 is 9.64 Å². The van der Waals surface area contributed by atoms with Gasteiger partial charge in [0, 0.05) is 19.3 Å². The second kappa shape index (κ2) is 7.13. The van der Waals surface area contributed by atoms with Gasteiger partial charge in [-0.25, -0.2) is 4.98 Å². The molecule has 5 nitrogen and oxygen atoms in total. The summed E-state index contributed by atoms with van der Waals surface area (Å²) in [6.45, 7) is 5.74. The van der Waals surface area contributed by atoms with E-state index in [-0.39, 0.29) is 0 Å². The molecule has 2 heterocycles. The number of anilines is 1. The molecule has 0 unspecified atom stereocenters. The van der Waals surface area contributed by atoms with Crippen LogP contribution in [0.25, 0.3) is 0 Å². The highest BCUT2D eigenvalue weighted by Crippen LogP contribution is 2.15. The number of nitrogens with zero attached hydrogens (tertiary/aromatic N) is 4. The first-order valence-corrected chi connectivity index (χ1v) is 7.87. The minimum atomic E-state index is 0.866. The van der Waals surface area contributed by atoms with Crippen LogP contribution in [0.2, 0.25) is 0 Å². The van der Waals surface area contributed by atoms with Crippen LogP contribution in [-0.2, 0) is 0 Å². The number of hydrazone groups is 1. The van der Waals surface area contributed by atoms with Crippen LogP contribution in [0.4, 0.5) is 5.82 Å². The Morgan fingerprint density at radius 2 is 1.78 bits per heavy atom. The van der Waals surface area contributed by atoms with E-state index in [9.17, 15) is 0 Å². The lowest BCUT2D eigenvalue weighted by Crippen LogP contribution is -2.44. The average molecular weight is 310 g/mol. The largest absolute Gasteiger partial charge is 0.497 e. The van der Waals surface area contributed by atoms with Crippen molar-refractivity contribution in [3.05, 3.63) is 54.2 Å². The minimum absolute atomic E-state index is 0.866. The van der Waals surface area contributed by atoms with Crippen LogP contribution in [0.5, 0.6) is 5.75 Å². The molecule has 1 fully saturated rings. The van der Waals surface area contributed by atoms with E-state index in [0.717, 1.165) is 49.0 Å². The van der Waals surface area contributed by atoms with Gasteiger partial charge in [-0.15, -0.1) is 0 Å². The van der Waals surface area contributed by atoms with Crippen LogP contribution in [-0.4, -0.2) is 49.0 Å². The number of hydrogen-bond acceptors (Lipinski definition) is 5. The predicted molar refractivity (Wildman–Crippen MR) is 93.2 cm³/mol. The molecule has 0 aliphatic carbocycles. The van der Waals surface area contributed by atoms with E-state index >= 15 is 0 Å². The molecule has 0 atom stereocenters. The van der Waals surface area contributed by atoms with Crippen molar-refractivity contribution in [2.24, 2.45) is 5.10 Å². The highest BCUT2D eigenvalue weighted by molar-refractivity contribution is 5.98. The van der Waals surface area contributed by atoms with Gasteiger partial charge in [-0.1, -0.05) is 6.07 Å². The fourth-order valence-corrected chi connectivity index (χ4v) is 2.67. The molecule has 2 aromatic rings. The molecule has 120 valence electrons. The second-order valence-electron chi connectivity index (χ2n) is 5.54. The Labute approximate surface area is 137 Å². The molecule has 0 N–H and O–H groups in total. The number of aromatic nitrogens is 1. The minimum Gasteiger partial charge on any atom is -0.497 e. The normalized spacial score (nSPS) is 15.7. The molecule has 1 saturated heterocycles. The third kappa shape index (κ3) is 3.80. The lowest BCUT2D eigenvalue weighted by atomic mass is 10.1. The quantitative estimate of drug-likeness (QED) is 0.814. The summed E-state index contributed by atoms with van der Waals surface area (Å²) in [4.78, 5) is 6.71. The smallest absolute Gasteiger partial charge is 0.128 e. The fourth-order valence-electron chi connectivity index (χ4n) is 2.67. The van der Waals surface area contributed by atoms with Crippen LogP contribution >= 0.6 is 0 Å². The maximum Gasteiger partial charge on any atom is 0.128 e. The van der Waals surface area contributed by atoms with E-state index in [2.05, 4.69) is 21.0 Å². The molecular formula is C18H22N4O. The first kappa shape index (κ1) is 15.3. The van der Waals surface area contributed by atoms with Crippen molar-refractivity contribution in [2.75, 3.05) is 38.2 Å². The summed E-state index contributed by atoms with van der Waals surface area (Å²) in [7, 11) is 1.68. The van der Waals surface area contributed by atoms with Crippen molar-refractivity contribution < 1.29 is 4.74 Å². The first-order valence-electron chi connectivity index (χ1n) is 7.87. The average Bonchev–Trinajstić information content (AvgIpc) is 2.63. The molecule has 1 aliphatic heterocycles. The lowest BCUT2D eigenvalue weighted by Gasteiger charge is -2.34. The van der Waals surface area contributed by atoms with Crippen LogP contribution in [0.3, 0.4) is 0 Å². The molecule has 0 bridgehead atoms. The highest BCUT2D eigenvalue weighted by atomic mass is 16.5. The summed E-state index contributed by atoms with van der Waals surface area (Å²) in [5.41, 5.74) is 2.15. The summed E-state index contributed by atoms with van der Waals surface area (Å²) >= 11 is 0. The Bertz CT molecular complexity index is 646. The van der Waals surface area contributed by atoms with Gasteiger partial charge >= 0.3 is 0 Å². The van der Waals surface area contributed by atoms with E-state index in [1.54, 1.807) is 7.11 Å². The van der Waals surface area contributed by atoms with Crippen LogP contribution in [0, 0.1) is 0 Å². The number of benzene rings is 1. The molecule has 0 radical (unpaired) electrons. The molecule has 0 amide bonds. The third-order valence-corrected chi connectivity index (χ3v) is 4.03. The van der Waals surface area contributed by atoms with Gasteiger partial charge in [0.1, 0.15) is 11.6 Å². The molecule has 1 aliphatic rings. The zero-order chi connectivity index (χ0) is 16.1. The van der Waals surface area contributed by atoms with Gasteiger partial charge in [-0.2, -0.15) is 5.10 Å². The van der Waals surface area contributed by atoms with E-state index in [1.165, 1.54) is 0 Å². The Balaban J connectivity index is 1.60. The van der Waals surface area contributed by atoms with Crippen molar-refractivity contribution in [1.82, 2.24) is 9.99 Å². The summed E-state index contributed by atoms with van der Waals surface area (Å²) in [5, 5.41) is 6.89. The number of rotatable bonds is 4. The SMILES string of the molecule is COc1ccc(C(C)=NN2CCN(c3ccccn3)CC2)cc1. The summed E-state index contributed by atoms with van der Waals surface area (Å²) < 4.78 is 5.19.